The number of aromatic nitrogens is 2. The molecule has 372 valence electrons. The van der Waals surface area contributed by atoms with E-state index in [2.05, 4.69) is 31.2 Å². The molecular formula is C53H59ClN8O8S. The molecule has 4 atom stereocenters. The Morgan fingerprint density at radius 2 is 1.58 bits per heavy atom. The number of rotatable bonds is 15. The summed E-state index contributed by atoms with van der Waals surface area (Å²) in [5.41, 5.74) is 3.85. The molecule has 1 aliphatic carbocycles. The summed E-state index contributed by atoms with van der Waals surface area (Å²) in [4.78, 5) is 78.7. The van der Waals surface area contributed by atoms with E-state index in [0.29, 0.717) is 27.6 Å². The van der Waals surface area contributed by atoms with Crippen LogP contribution in [-0.2, 0) is 14.4 Å². The third-order valence-electron chi connectivity index (χ3n) is 13.2. The Kier molecular flexibility index (Phi) is 15.3. The fourth-order valence-electron chi connectivity index (χ4n) is 9.67. The average Bonchev–Trinajstić information content (AvgIpc) is 3.95. The Morgan fingerprint density at radius 1 is 0.915 bits per heavy atom. The number of hydrogen-bond donors (Lipinski definition) is 5. The van der Waals surface area contributed by atoms with E-state index < -0.39 is 70.6 Å². The van der Waals surface area contributed by atoms with Crippen molar-refractivity contribution in [1.29, 1.82) is 5.26 Å². The fourth-order valence-corrected chi connectivity index (χ4v) is 10.7. The monoisotopic (exact) mass is 1000 g/mol. The zero-order chi connectivity index (χ0) is 51.6. The predicted octanol–water partition coefficient (Wildman–Crippen LogP) is 7.54. The van der Waals surface area contributed by atoms with E-state index in [1.54, 1.807) is 80.1 Å². The maximum Gasteiger partial charge on any atom is 0.253 e. The van der Waals surface area contributed by atoms with Crippen LogP contribution in [0.5, 0.6) is 17.4 Å². The lowest BCUT2D eigenvalue weighted by atomic mass is 9.49. The molecule has 0 spiro atoms. The van der Waals surface area contributed by atoms with E-state index in [1.165, 1.54) is 23.2 Å². The Balaban J connectivity index is 0.884. The number of nitrogens with zero attached hydrogens (tertiary/aromatic N) is 4. The van der Waals surface area contributed by atoms with Crippen molar-refractivity contribution in [1.82, 2.24) is 36.1 Å². The number of pyridine rings is 1. The molecule has 1 saturated heterocycles. The summed E-state index contributed by atoms with van der Waals surface area (Å²) in [6, 6.07) is 21.5. The van der Waals surface area contributed by atoms with E-state index >= 15 is 0 Å². The molecule has 1 saturated carbocycles. The van der Waals surface area contributed by atoms with Gasteiger partial charge in [0.25, 0.3) is 11.8 Å². The molecule has 2 aliphatic rings. The first-order valence-electron chi connectivity index (χ1n) is 23.3. The molecule has 3 heterocycles. The second-order valence-corrected chi connectivity index (χ2v) is 21.6. The largest absolute Gasteiger partial charge is 0.489 e. The van der Waals surface area contributed by atoms with E-state index in [-0.39, 0.29) is 42.5 Å². The number of amides is 5. The summed E-state index contributed by atoms with van der Waals surface area (Å²) < 4.78 is 12.2. The first-order valence-corrected chi connectivity index (χ1v) is 24.5. The van der Waals surface area contributed by atoms with Gasteiger partial charge >= 0.3 is 0 Å². The number of thiazole rings is 1. The van der Waals surface area contributed by atoms with Gasteiger partial charge in [-0.05, 0) is 72.9 Å². The summed E-state index contributed by atoms with van der Waals surface area (Å²) in [7, 11) is 0. The van der Waals surface area contributed by atoms with Crippen molar-refractivity contribution >= 4 is 52.5 Å². The Bertz CT molecular complexity index is 2820. The summed E-state index contributed by atoms with van der Waals surface area (Å²) in [5, 5.41) is 31.7. The van der Waals surface area contributed by atoms with Gasteiger partial charge in [-0.2, -0.15) is 5.26 Å². The minimum Gasteiger partial charge on any atom is -0.489 e. The molecule has 16 nitrogen and oxygen atoms in total. The van der Waals surface area contributed by atoms with Crippen molar-refractivity contribution in [3.8, 4) is 33.9 Å². The van der Waals surface area contributed by atoms with Crippen LogP contribution in [0.2, 0.25) is 5.02 Å². The number of aliphatic hydroxyl groups is 1. The van der Waals surface area contributed by atoms with Gasteiger partial charge in [0.05, 0.1) is 50.9 Å². The van der Waals surface area contributed by atoms with Crippen LogP contribution >= 0.6 is 22.9 Å². The van der Waals surface area contributed by atoms with Gasteiger partial charge in [0.15, 0.2) is 0 Å². The van der Waals surface area contributed by atoms with Crippen LogP contribution in [0.4, 0.5) is 0 Å². The molecule has 5 N–H and O–H groups in total. The van der Waals surface area contributed by atoms with Gasteiger partial charge in [-0.3, -0.25) is 24.0 Å². The molecule has 2 aromatic heterocycles. The van der Waals surface area contributed by atoms with Crippen LogP contribution in [0.3, 0.4) is 0 Å². The Morgan fingerprint density at radius 3 is 2.17 bits per heavy atom. The average molecular weight is 1000 g/mol. The lowest BCUT2D eigenvalue weighted by Gasteiger charge is -2.63. The number of benzene rings is 3. The molecule has 1 unspecified atom stereocenters. The number of aryl methyl sites for hydroxylation is 1. The Labute approximate surface area is 422 Å². The number of hydrogen-bond acceptors (Lipinski definition) is 12. The van der Waals surface area contributed by atoms with Crippen molar-refractivity contribution < 1.29 is 38.6 Å². The number of likely N-dealkylation sites (tertiary alicyclic amines) is 1. The molecule has 7 rings (SSSR count). The molecule has 1 aliphatic heterocycles. The van der Waals surface area contributed by atoms with Crippen molar-refractivity contribution in [3.63, 3.8) is 0 Å². The van der Waals surface area contributed by atoms with E-state index in [4.69, 9.17) is 21.1 Å². The molecule has 3 aromatic carbocycles. The van der Waals surface area contributed by atoms with Gasteiger partial charge < -0.3 is 40.7 Å². The minimum absolute atomic E-state index is 0.0390. The van der Waals surface area contributed by atoms with Crippen LogP contribution in [-0.4, -0.2) is 92.9 Å². The van der Waals surface area contributed by atoms with Crippen molar-refractivity contribution in [2.45, 2.75) is 105 Å². The van der Waals surface area contributed by atoms with Crippen LogP contribution in [0.15, 0.2) is 90.6 Å². The third kappa shape index (κ3) is 11.5. The van der Waals surface area contributed by atoms with Crippen molar-refractivity contribution in [2.75, 3.05) is 13.1 Å². The van der Waals surface area contributed by atoms with Crippen LogP contribution < -0.4 is 30.7 Å². The lowest BCUT2D eigenvalue weighted by Crippen LogP contribution is -2.74. The van der Waals surface area contributed by atoms with Crippen LogP contribution in [0.25, 0.3) is 10.4 Å². The maximum absolute atomic E-state index is 14.1. The van der Waals surface area contributed by atoms with Crippen LogP contribution in [0, 0.1) is 34.5 Å². The second kappa shape index (κ2) is 20.8. The summed E-state index contributed by atoms with van der Waals surface area (Å²) in [6.45, 7) is 16.7. The quantitative estimate of drug-likeness (QED) is 0.0689. The van der Waals surface area contributed by atoms with Gasteiger partial charge in [-0.25, -0.2) is 9.97 Å². The molecule has 5 amide bonds. The highest BCUT2D eigenvalue weighted by Crippen LogP contribution is 2.55. The number of halogens is 1. The minimum atomic E-state index is -1.08. The molecule has 71 heavy (non-hydrogen) atoms. The topological polar surface area (TPSA) is 225 Å². The zero-order valence-corrected chi connectivity index (χ0v) is 42.7. The van der Waals surface area contributed by atoms with E-state index in [0.717, 1.165) is 21.7 Å². The molecule has 18 heteroatoms. The van der Waals surface area contributed by atoms with Gasteiger partial charge in [-0.1, -0.05) is 84.3 Å². The number of nitriles is 1. The van der Waals surface area contributed by atoms with Crippen molar-refractivity contribution in [3.05, 3.63) is 124 Å². The first-order chi connectivity index (χ1) is 33.5. The van der Waals surface area contributed by atoms with Gasteiger partial charge in [0, 0.05) is 53.7 Å². The van der Waals surface area contributed by atoms with Gasteiger partial charge in [-0.15, -0.1) is 11.3 Å². The molecule has 0 bridgehead atoms. The third-order valence-corrected chi connectivity index (χ3v) is 14.5. The Hall–Kier alpha value is -6.87. The summed E-state index contributed by atoms with van der Waals surface area (Å²) >= 11 is 7.79. The smallest absolute Gasteiger partial charge is 0.253 e. The van der Waals surface area contributed by atoms with Crippen molar-refractivity contribution in [2.24, 2.45) is 16.2 Å². The highest BCUT2D eigenvalue weighted by atomic mass is 35.5. The standard InChI is InChI=1S/C53H59ClN8O8S/c1-29(31-10-12-32(13-11-31)43-30(2)58-28-71-43)59-47(67)40-22-36(63)27-62(40)48(68)44(51(3,4)5)60-41(64)26-57-45(65)33-14-18-37(19-15-33)69-42-21-17-35(25-56-42)46(66)61-49-52(6,7)50(53(49,8)9)70-38-20-16-34(24-55)39(54)23-38/h10-21,23,25,28-29,36,40,44,49-50,63H,22,26-27H2,1-9H3,(H,57,65)(H,59,67)(H,60,64)(H,61,66)/t29-,36+,40-,44?,49?,50?/m0/s1. The lowest BCUT2D eigenvalue weighted by molar-refractivity contribution is -0.164. The summed E-state index contributed by atoms with van der Waals surface area (Å²) in [5.74, 6) is -1.30. The first kappa shape index (κ1) is 52.0. The molecular weight excluding hydrogens is 944 g/mol. The highest BCUT2D eigenvalue weighted by molar-refractivity contribution is 7.13. The molecule has 0 radical (unpaired) electrons. The fraction of sp³-hybridized carbons (Fsp3) is 0.396. The molecule has 2 fully saturated rings. The summed E-state index contributed by atoms with van der Waals surface area (Å²) in [6.07, 6.45) is 0.252. The zero-order valence-electron chi connectivity index (χ0n) is 41.1. The number of aliphatic hydroxyl groups excluding tert-OH is 1. The highest BCUT2D eigenvalue weighted by Gasteiger charge is 2.64. The number of carbonyl (C=O) groups excluding carboxylic acids is 5. The van der Waals surface area contributed by atoms with Gasteiger partial charge in [0.1, 0.15) is 35.8 Å². The van der Waals surface area contributed by atoms with E-state index in [1.807, 2.05) is 71.9 Å². The molecule has 5 aromatic rings. The van der Waals surface area contributed by atoms with E-state index in [9.17, 15) is 34.3 Å². The number of nitrogens with one attached hydrogen (secondary N) is 4. The van der Waals surface area contributed by atoms with Gasteiger partial charge in [0.2, 0.25) is 23.6 Å². The number of β-amino-alcohol motifs (C(OH)–C–C–N with tert-alkyl or cyclic N) is 1. The SMILES string of the molecule is Cc1ncsc1-c1ccc([C@H](C)NC(=O)[C@@H]2C[C@@H](O)CN2C(=O)C(NC(=O)CNC(=O)c2ccc(Oc3ccc(C(=O)NC4C(C)(C)C(Oc5ccc(C#N)c(Cl)c5)C4(C)C)cn3)cc2)C(C)(C)C)cc1. The number of ether oxygens (including phenoxy) is 2. The second-order valence-electron chi connectivity index (χ2n) is 20.4. The van der Waals surface area contributed by atoms with Crippen LogP contribution in [0.1, 0.15) is 105 Å². The normalized spacial score (nSPS) is 19.8. The predicted molar refractivity (Wildman–Crippen MR) is 269 cm³/mol. The number of carbonyl (C=O) groups is 5. The maximum atomic E-state index is 14.1.